The number of carboxylic acids is 1. The summed E-state index contributed by atoms with van der Waals surface area (Å²) in [7, 11) is 0. The molecule has 20 heavy (non-hydrogen) atoms. The van der Waals surface area contributed by atoms with Crippen LogP contribution in [-0.2, 0) is 9.59 Å². The number of rotatable bonds is 4. The van der Waals surface area contributed by atoms with Gasteiger partial charge in [-0.05, 0) is 12.1 Å². The molecule has 1 atom stereocenters. The molecule has 1 aromatic heterocycles. The average Bonchev–Trinajstić information content (AvgIpc) is 3.10. The van der Waals surface area contributed by atoms with E-state index in [-0.39, 0.29) is 23.7 Å². The van der Waals surface area contributed by atoms with Crippen molar-refractivity contribution in [1.82, 2.24) is 4.90 Å². The second-order valence-electron chi connectivity index (χ2n) is 4.51. The molecule has 2 aliphatic rings. The van der Waals surface area contributed by atoms with E-state index in [4.69, 9.17) is 9.52 Å². The molecule has 1 aromatic rings. The van der Waals surface area contributed by atoms with Crippen LogP contribution < -0.4 is 0 Å². The molecule has 104 valence electrons. The van der Waals surface area contributed by atoms with E-state index in [0.717, 1.165) is 5.75 Å². The van der Waals surface area contributed by atoms with E-state index < -0.39 is 17.7 Å². The van der Waals surface area contributed by atoms with Crippen LogP contribution in [0.3, 0.4) is 0 Å². The number of hydrogen-bond donors (Lipinski definition) is 1. The number of thioether (sulfide) groups is 1. The van der Waals surface area contributed by atoms with Crippen LogP contribution in [0.1, 0.15) is 17.0 Å². The first-order valence-electron chi connectivity index (χ1n) is 6.08. The summed E-state index contributed by atoms with van der Waals surface area (Å²) in [6.45, 7) is 0.518. The first-order chi connectivity index (χ1) is 9.59. The van der Waals surface area contributed by atoms with Gasteiger partial charge in [-0.1, -0.05) is 0 Å². The highest BCUT2D eigenvalue weighted by Crippen LogP contribution is 2.43. The lowest BCUT2D eigenvalue weighted by atomic mass is 9.93. The maximum absolute atomic E-state index is 12.5. The van der Waals surface area contributed by atoms with E-state index >= 15 is 0 Å². The van der Waals surface area contributed by atoms with Gasteiger partial charge in [0.1, 0.15) is 0 Å². The van der Waals surface area contributed by atoms with Gasteiger partial charge < -0.3 is 14.4 Å². The Balaban J connectivity index is 2.03. The van der Waals surface area contributed by atoms with Crippen molar-refractivity contribution in [2.24, 2.45) is 5.92 Å². The van der Waals surface area contributed by atoms with Crippen LogP contribution in [0.15, 0.2) is 33.4 Å². The van der Waals surface area contributed by atoms with Gasteiger partial charge in [0.15, 0.2) is 5.76 Å². The molecule has 0 bridgehead atoms. The minimum atomic E-state index is -1.10. The molecule has 1 N–H and O–H groups in total. The van der Waals surface area contributed by atoms with Gasteiger partial charge >= 0.3 is 5.97 Å². The number of ketones is 1. The number of carbonyl (C=O) groups is 3. The summed E-state index contributed by atoms with van der Waals surface area (Å²) < 4.78 is 5.07. The van der Waals surface area contributed by atoms with Crippen LogP contribution in [-0.4, -0.2) is 40.0 Å². The fourth-order valence-electron chi connectivity index (χ4n) is 2.47. The van der Waals surface area contributed by atoms with Crippen LogP contribution in [0, 0.1) is 5.92 Å². The number of amides is 1. The highest BCUT2D eigenvalue weighted by atomic mass is 32.2. The summed E-state index contributed by atoms with van der Waals surface area (Å²) in [6.07, 6.45) is 1.00. The lowest BCUT2D eigenvalue weighted by molar-refractivity contribution is -0.141. The van der Waals surface area contributed by atoms with Gasteiger partial charge in [-0.2, -0.15) is 0 Å². The Hall–Kier alpha value is -2.02. The Morgan fingerprint density at radius 3 is 2.95 bits per heavy atom. The van der Waals surface area contributed by atoms with Crippen LogP contribution in [0.4, 0.5) is 0 Å². The van der Waals surface area contributed by atoms with Crippen LogP contribution in [0.5, 0.6) is 0 Å². The van der Waals surface area contributed by atoms with Gasteiger partial charge in [0.25, 0.3) is 0 Å². The van der Waals surface area contributed by atoms with Crippen molar-refractivity contribution in [1.29, 1.82) is 0 Å². The predicted molar refractivity (Wildman–Crippen MR) is 70.0 cm³/mol. The van der Waals surface area contributed by atoms with Gasteiger partial charge in [0.2, 0.25) is 11.7 Å². The molecule has 3 rings (SSSR count). The van der Waals surface area contributed by atoms with E-state index in [1.165, 1.54) is 29.0 Å². The molecule has 6 nitrogen and oxygen atoms in total. The zero-order chi connectivity index (χ0) is 14.3. The third-order valence-electron chi connectivity index (χ3n) is 3.31. The Labute approximate surface area is 118 Å². The van der Waals surface area contributed by atoms with Crippen molar-refractivity contribution in [3.05, 3.63) is 34.8 Å². The number of carboxylic acid groups (broad SMARTS) is 1. The normalized spacial score (nSPS) is 21.5. The predicted octanol–water partition coefficient (Wildman–Crippen LogP) is 1.35. The Morgan fingerprint density at radius 2 is 2.30 bits per heavy atom. The fraction of sp³-hybridized carbons (Fsp3) is 0.308. The summed E-state index contributed by atoms with van der Waals surface area (Å²) in [5.74, 6) is -1.86. The van der Waals surface area contributed by atoms with Crippen molar-refractivity contribution >= 4 is 29.4 Å². The second kappa shape index (κ2) is 4.82. The summed E-state index contributed by atoms with van der Waals surface area (Å²) in [5.41, 5.74) is 0.259. The van der Waals surface area contributed by atoms with Crippen LogP contribution >= 0.6 is 11.8 Å². The number of nitrogens with zero attached hydrogens (tertiary/aromatic N) is 1. The van der Waals surface area contributed by atoms with E-state index in [1.54, 1.807) is 6.07 Å². The Morgan fingerprint density at radius 1 is 1.50 bits per heavy atom. The largest absolute Gasteiger partial charge is 0.481 e. The minimum Gasteiger partial charge on any atom is -0.481 e. The van der Waals surface area contributed by atoms with E-state index in [1.807, 2.05) is 0 Å². The van der Waals surface area contributed by atoms with Crippen molar-refractivity contribution in [3.63, 3.8) is 0 Å². The lowest BCUT2D eigenvalue weighted by Crippen LogP contribution is -2.29. The summed E-state index contributed by atoms with van der Waals surface area (Å²) in [4.78, 5) is 37.1. The lowest BCUT2D eigenvalue weighted by Gasteiger charge is -2.11. The number of hydrogen-bond acceptors (Lipinski definition) is 5. The number of aliphatic carboxylic acids is 1. The van der Waals surface area contributed by atoms with Gasteiger partial charge in [-0.3, -0.25) is 14.4 Å². The smallest absolute Gasteiger partial charge is 0.304 e. The third kappa shape index (κ3) is 1.94. The first kappa shape index (κ1) is 13.0. The Kier molecular flexibility index (Phi) is 3.13. The molecule has 3 heterocycles. The standard InChI is InChI=1S/C13H11NO5S/c15-9(16)6-7-10(11(17)8-2-1-4-19-8)13-14(12(7)18)3-5-20-13/h1-2,4,7H,3,5-6H2,(H,15,16)/t7-/m0/s1. The van der Waals surface area contributed by atoms with Crippen molar-refractivity contribution in [2.75, 3.05) is 12.3 Å². The van der Waals surface area contributed by atoms with Crippen LogP contribution in [0.2, 0.25) is 0 Å². The average molecular weight is 293 g/mol. The molecule has 0 radical (unpaired) electrons. The molecule has 0 aliphatic carbocycles. The van der Waals surface area contributed by atoms with Crippen molar-refractivity contribution < 1.29 is 23.9 Å². The van der Waals surface area contributed by atoms with Gasteiger partial charge in [0.05, 0.1) is 23.6 Å². The maximum atomic E-state index is 12.5. The molecule has 0 aromatic carbocycles. The molecular weight excluding hydrogens is 282 g/mol. The number of furan rings is 1. The molecule has 0 spiro atoms. The number of fused-ring (bicyclic) bond motifs is 1. The fourth-order valence-corrected chi connectivity index (χ4v) is 3.66. The molecule has 0 unspecified atom stereocenters. The third-order valence-corrected chi connectivity index (χ3v) is 4.41. The van der Waals surface area contributed by atoms with Gasteiger partial charge in [-0.25, -0.2) is 0 Å². The summed E-state index contributed by atoms with van der Waals surface area (Å²) in [6, 6.07) is 3.10. The number of Topliss-reactive ketones (excluding diaryl/α,β-unsaturated/α-hetero) is 1. The van der Waals surface area contributed by atoms with Gasteiger partial charge in [0, 0.05) is 17.9 Å². The molecule has 2 aliphatic heterocycles. The first-order valence-corrected chi connectivity index (χ1v) is 7.06. The second-order valence-corrected chi connectivity index (χ2v) is 5.60. The molecule has 1 saturated heterocycles. The van der Waals surface area contributed by atoms with Crippen molar-refractivity contribution in [2.45, 2.75) is 6.42 Å². The highest BCUT2D eigenvalue weighted by molar-refractivity contribution is 8.03. The van der Waals surface area contributed by atoms with Gasteiger partial charge in [-0.15, -0.1) is 11.8 Å². The topological polar surface area (TPSA) is 87.8 Å². The zero-order valence-electron chi connectivity index (χ0n) is 10.4. The molecule has 1 fully saturated rings. The summed E-state index contributed by atoms with van der Waals surface area (Å²) >= 11 is 1.41. The molecule has 7 heteroatoms. The Bertz CT molecular complexity index is 619. The molecule has 0 saturated carbocycles. The minimum absolute atomic E-state index is 0.130. The zero-order valence-corrected chi connectivity index (χ0v) is 11.2. The number of carbonyl (C=O) groups excluding carboxylic acids is 2. The highest BCUT2D eigenvalue weighted by Gasteiger charge is 2.46. The van der Waals surface area contributed by atoms with E-state index in [2.05, 4.69) is 0 Å². The molecular formula is C13H11NO5S. The quantitative estimate of drug-likeness (QED) is 0.843. The maximum Gasteiger partial charge on any atom is 0.304 e. The summed E-state index contributed by atoms with van der Waals surface area (Å²) in [5, 5.41) is 9.54. The van der Waals surface area contributed by atoms with E-state index in [9.17, 15) is 14.4 Å². The molecule has 1 amide bonds. The SMILES string of the molecule is O=C(O)C[C@@H]1C(=O)N2CCSC2=C1C(=O)c1ccco1. The van der Waals surface area contributed by atoms with E-state index in [0.29, 0.717) is 11.6 Å². The van der Waals surface area contributed by atoms with Crippen molar-refractivity contribution in [3.8, 4) is 0 Å². The van der Waals surface area contributed by atoms with Crippen LogP contribution in [0.25, 0.3) is 0 Å². The monoisotopic (exact) mass is 293 g/mol.